The van der Waals surface area contributed by atoms with E-state index >= 15 is 0 Å². The Morgan fingerprint density at radius 2 is 2.18 bits per heavy atom. The number of carboxylic acid groups (broad SMARTS) is 1. The number of aryl methyl sites for hydroxylation is 2. The van der Waals surface area contributed by atoms with Crippen molar-refractivity contribution < 1.29 is 9.90 Å². The Hall–Kier alpha value is -2.10. The molecule has 0 atom stereocenters. The molecule has 0 saturated heterocycles. The van der Waals surface area contributed by atoms with Gasteiger partial charge in [0.2, 0.25) is 0 Å². The summed E-state index contributed by atoms with van der Waals surface area (Å²) in [6.45, 7) is 4.56. The molecule has 4 heteroatoms. The van der Waals surface area contributed by atoms with Crippen LogP contribution in [0.4, 0.5) is 0 Å². The van der Waals surface area contributed by atoms with Crippen LogP contribution in [0.2, 0.25) is 0 Å². The predicted molar refractivity (Wildman–Crippen MR) is 65.0 cm³/mol. The number of carbonyl (C=O) groups is 1. The van der Waals surface area contributed by atoms with Crippen LogP contribution in [0.3, 0.4) is 0 Å². The summed E-state index contributed by atoms with van der Waals surface area (Å²) in [5.74, 6) is -0.896. The molecule has 0 amide bonds. The molecule has 17 heavy (non-hydrogen) atoms. The molecule has 1 aromatic heterocycles. The van der Waals surface area contributed by atoms with Gasteiger partial charge >= 0.3 is 5.97 Å². The summed E-state index contributed by atoms with van der Waals surface area (Å²) in [6, 6.07) is 7.33. The average molecular weight is 230 g/mol. The van der Waals surface area contributed by atoms with Gasteiger partial charge in [-0.2, -0.15) is 5.10 Å². The third-order valence-corrected chi connectivity index (χ3v) is 2.78. The zero-order valence-electron chi connectivity index (χ0n) is 9.84. The highest BCUT2D eigenvalue weighted by Gasteiger charge is 2.10. The molecule has 2 aromatic rings. The van der Waals surface area contributed by atoms with E-state index in [-0.39, 0.29) is 0 Å². The van der Waals surface area contributed by atoms with Gasteiger partial charge in [0.1, 0.15) is 0 Å². The second-order valence-corrected chi connectivity index (χ2v) is 3.87. The summed E-state index contributed by atoms with van der Waals surface area (Å²) in [5.41, 5.74) is 2.93. The minimum Gasteiger partial charge on any atom is -0.478 e. The quantitative estimate of drug-likeness (QED) is 0.881. The van der Waals surface area contributed by atoms with Crippen molar-refractivity contribution in [2.45, 2.75) is 20.4 Å². The molecule has 2 rings (SSSR count). The minimum absolute atomic E-state index is 0.339. The van der Waals surface area contributed by atoms with Crippen LogP contribution in [-0.2, 0) is 6.54 Å². The molecule has 1 heterocycles. The van der Waals surface area contributed by atoms with Crippen LogP contribution in [0.25, 0.3) is 11.3 Å². The number of aromatic carboxylic acids is 1. The number of rotatable bonds is 3. The fourth-order valence-corrected chi connectivity index (χ4v) is 1.84. The van der Waals surface area contributed by atoms with E-state index in [9.17, 15) is 4.79 Å². The lowest BCUT2D eigenvalue weighted by molar-refractivity contribution is 0.0696. The van der Waals surface area contributed by atoms with E-state index in [0.717, 1.165) is 23.4 Å². The second kappa shape index (κ2) is 4.41. The fraction of sp³-hybridized carbons (Fsp3) is 0.231. The van der Waals surface area contributed by atoms with E-state index in [2.05, 4.69) is 5.10 Å². The Labute approximate surface area is 99.5 Å². The van der Waals surface area contributed by atoms with E-state index in [1.54, 1.807) is 19.2 Å². The Morgan fingerprint density at radius 3 is 2.82 bits per heavy atom. The van der Waals surface area contributed by atoms with Gasteiger partial charge in [0, 0.05) is 18.3 Å². The minimum atomic E-state index is -0.896. The maximum atomic E-state index is 11.1. The summed E-state index contributed by atoms with van der Waals surface area (Å²) in [6.07, 6.45) is 1.72. The van der Waals surface area contributed by atoms with Crippen molar-refractivity contribution in [2.75, 3.05) is 0 Å². The molecule has 0 bridgehead atoms. The monoisotopic (exact) mass is 230 g/mol. The first-order valence-corrected chi connectivity index (χ1v) is 5.49. The molecule has 1 aromatic carbocycles. The first kappa shape index (κ1) is 11.4. The van der Waals surface area contributed by atoms with Crippen molar-refractivity contribution in [1.82, 2.24) is 9.78 Å². The highest BCUT2D eigenvalue weighted by molar-refractivity contribution is 5.91. The number of hydrogen-bond acceptors (Lipinski definition) is 2. The third-order valence-electron chi connectivity index (χ3n) is 2.78. The summed E-state index contributed by atoms with van der Waals surface area (Å²) < 4.78 is 1.84. The van der Waals surface area contributed by atoms with Crippen LogP contribution in [0.15, 0.2) is 30.5 Å². The molecule has 0 spiro atoms. The summed E-state index contributed by atoms with van der Waals surface area (Å²) in [5, 5.41) is 13.3. The Morgan fingerprint density at radius 1 is 1.41 bits per heavy atom. The topological polar surface area (TPSA) is 55.1 Å². The van der Waals surface area contributed by atoms with Gasteiger partial charge in [-0.3, -0.25) is 4.68 Å². The summed E-state index contributed by atoms with van der Waals surface area (Å²) in [4.78, 5) is 11.1. The van der Waals surface area contributed by atoms with Gasteiger partial charge in [0.15, 0.2) is 0 Å². The fourth-order valence-electron chi connectivity index (χ4n) is 1.84. The predicted octanol–water partition coefficient (Wildman–Crippen LogP) is 2.58. The standard InChI is InChI=1S/C13H14N2O2/c1-3-15-12(6-7-14-15)10-5-4-9(2)11(8-10)13(16)17/h4-8H,3H2,1-2H3,(H,16,17). The van der Waals surface area contributed by atoms with Crippen molar-refractivity contribution in [3.05, 3.63) is 41.6 Å². The molecule has 1 N–H and O–H groups in total. The number of benzene rings is 1. The lowest BCUT2D eigenvalue weighted by atomic mass is 10.0. The smallest absolute Gasteiger partial charge is 0.335 e. The number of aromatic nitrogens is 2. The molecule has 0 aliphatic heterocycles. The normalized spacial score (nSPS) is 10.5. The highest BCUT2D eigenvalue weighted by Crippen LogP contribution is 2.22. The van der Waals surface area contributed by atoms with Gasteiger partial charge in [-0.1, -0.05) is 12.1 Å². The summed E-state index contributed by atoms with van der Waals surface area (Å²) in [7, 11) is 0. The van der Waals surface area contributed by atoms with Crippen molar-refractivity contribution in [1.29, 1.82) is 0 Å². The number of carboxylic acids is 1. The molecule has 0 fully saturated rings. The van der Waals surface area contributed by atoms with E-state index in [1.165, 1.54) is 0 Å². The highest BCUT2D eigenvalue weighted by atomic mass is 16.4. The summed E-state index contributed by atoms with van der Waals surface area (Å²) >= 11 is 0. The molecule has 0 radical (unpaired) electrons. The van der Waals surface area contributed by atoms with Gasteiger partial charge in [-0.05, 0) is 31.5 Å². The first-order valence-electron chi connectivity index (χ1n) is 5.49. The zero-order valence-corrected chi connectivity index (χ0v) is 9.84. The van der Waals surface area contributed by atoms with Crippen molar-refractivity contribution in [3.8, 4) is 11.3 Å². The van der Waals surface area contributed by atoms with Gasteiger partial charge in [0.05, 0.1) is 11.3 Å². The maximum Gasteiger partial charge on any atom is 0.335 e. The van der Waals surface area contributed by atoms with E-state index < -0.39 is 5.97 Å². The van der Waals surface area contributed by atoms with Crippen molar-refractivity contribution in [3.63, 3.8) is 0 Å². The molecule has 0 unspecified atom stereocenters. The zero-order chi connectivity index (χ0) is 12.4. The van der Waals surface area contributed by atoms with Crippen LogP contribution in [0, 0.1) is 6.92 Å². The lowest BCUT2D eigenvalue weighted by Crippen LogP contribution is -2.02. The largest absolute Gasteiger partial charge is 0.478 e. The van der Waals surface area contributed by atoms with Crippen LogP contribution >= 0.6 is 0 Å². The molecule has 0 aliphatic rings. The van der Waals surface area contributed by atoms with E-state index in [1.807, 2.05) is 29.8 Å². The third kappa shape index (κ3) is 2.06. The Bertz CT molecular complexity index is 558. The van der Waals surface area contributed by atoms with E-state index in [4.69, 9.17) is 5.11 Å². The van der Waals surface area contributed by atoms with Crippen LogP contribution in [0.5, 0.6) is 0 Å². The number of hydrogen-bond donors (Lipinski definition) is 1. The number of nitrogens with zero attached hydrogens (tertiary/aromatic N) is 2. The molecular weight excluding hydrogens is 216 g/mol. The molecule has 0 aliphatic carbocycles. The van der Waals surface area contributed by atoms with Crippen LogP contribution in [0.1, 0.15) is 22.8 Å². The van der Waals surface area contributed by atoms with Crippen molar-refractivity contribution in [2.24, 2.45) is 0 Å². The maximum absolute atomic E-state index is 11.1. The van der Waals surface area contributed by atoms with Gasteiger partial charge < -0.3 is 5.11 Å². The van der Waals surface area contributed by atoms with Gasteiger partial charge in [-0.15, -0.1) is 0 Å². The molecule has 0 saturated carbocycles. The first-order chi connectivity index (χ1) is 8.13. The van der Waals surface area contributed by atoms with Crippen molar-refractivity contribution >= 4 is 5.97 Å². The Kier molecular flexibility index (Phi) is 2.95. The average Bonchev–Trinajstić information content (AvgIpc) is 2.77. The van der Waals surface area contributed by atoms with Gasteiger partial charge in [0.25, 0.3) is 0 Å². The molecule has 88 valence electrons. The van der Waals surface area contributed by atoms with Crippen LogP contribution in [-0.4, -0.2) is 20.9 Å². The Balaban J connectivity index is 2.54. The molecular formula is C13H14N2O2. The van der Waals surface area contributed by atoms with Gasteiger partial charge in [-0.25, -0.2) is 4.79 Å². The second-order valence-electron chi connectivity index (χ2n) is 3.87. The lowest BCUT2D eigenvalue weighted by Gasteiger charge is -2.07. The van der Waals surface area contributed by atoms with Crippen LogP contribution < -0.4 is 0 Å². The molecule has 4 nitrogen and oxygen atoms in total. The van der Waals surface area contributed by atoms with E-state index in [0.29, 0.717) is 5.56 Å². The SMILES string of the molecule is CCn1nccc1-c1ccc(C)c(C(=O)O)c1.